The van der Waals surface area contributed by atoms with Crippen LogP contribution in [0.5, 0.6) is 0 Å². The number of nitrogens with zero attached hydrogens (tertiary/aromatic N) is 3. The van der Waals surface area contributed by atoms with Crippen molar-refractivity contribution in [3.63, 3.8) is 0 Å². The summed E-state index contributed by atoms with van der Waals surface area (Å²) < 4.78 is 15.1. The first-order valence-electron chi connectivity index (χ1n) is 10.5. The zero-order valence-corrected chi connectivity index (χ0v) is 17.2. The maximum Gasteiger partial charge on any atom is 0.246 e. The minimum Gasteiger partial charge on any atom is -0.322 e. The Morgan fingerprint density at radius 2 is 1.93 bits per heavy atom. The van der Waals surface area contributed by atoms with E-state index in [1.165, 1.54) is 12.1 Å². The molecule has 0 saturated carbocycles. The number of rotatable bonds is 6. The summed E-state index contributed by atoms with van der Waals surface area (Å²) in [5, 5.41) is 7.34. The molecule has 5 nitrogen and oxygen atoms in total. The molecule has 1 atom stereocenters. The van der Waals surface area contributed by atoms with Gasteiger partial charge in [0.1, 0.15) is 11.9 Å². The Morgan fingerprint density at radius 1 is 1.17 bits per heavy atom. The molecule has 1 aromatic heterocycles. The van der Waals surface area contributed by atoms with Crippen LogP contribution in [0.4, 0.5) is 10.1 Å². The van der Waals surface area contributed by atoms with E-state index in [4.69, 9.17) is 0 Å². The second-order valence-electron chi connectivity index (χ2n) is 8.08. The zero-order chi connectivity index (χ0) is 20.9. The largest absolute Gasteiger partial charge is 0.322 e. The van der Waals surface area contributed by atoms with Gasteiger partial charge >= 0.3 is 0 Å². The second-order valence-corrected chi connectivity index (χ2v) is 8.08. The third-order valence-corrected chi connectivity index (χ3v) is 5.68. The maximum atomic E-state index is 13.4. The van der Waals surface area contributed by atoms with Gasteiger partial charge in [0.15, 0.2) is 0 Å². The molecule has 30 heavy (non-hydrogen) atoms. The number of anilines is 1. The second kappa shape index (κ2) is 9.22. The van der Waals surface area contributed by atoms with Gasteiger partial charge in [-0.15, -0.1) is 0 Å². The van der Waals surface area contributed by atoms with Gasteiger partial charge < -0.3 is 5.32 Å². The molecule has 4 rings (SSSR count). The number of nitrogens with one attached hydrogen (secondary N) is 1. The summed E-state index contributed by atoms with van der Waals surface area (Å²) in [5.41, 5.74) is 2.46. The van der Waals surface area contributed by atoms with E-state index in [9.17, 15) is 9.18 Å². The van der Waals surface area contributed by atoms with Crippen LogP contribution in [-0.4, -0.2) is 33.7 Å². The first kappa shape index (κ1) is 20.3. The van der Waals surface area contributed by atoms with E-state index in [1.807, 2.05) is 36.4 Å². The Bertz CT molecular complexity index is 980. The molecule has 1 aliphatic heterocycles. The summed E-state index contributed by atoms with van der Waals surface area (Å²) in [6, 6.07) is 16.0. The quantitative estimate of drug-likeness (QED) is 0.657. The number of hydrogen-bond donors (Lipinski definition) is 1. The van der Waals surface area contributed by atoms with Crippen molar-refractivity contribution in [3.8, 4) is 0 Å². The van der Waals surface area contributed by atoms with E-state index in [-0.39, 0.29) is 17.8 Å². The molecule has 0 bridgehead atoms. The standard InChI is InChI=1S/C24H27FN4O/c1-18-10-12-28(13-11-18)23(20-7-3-2-4-8-20)24(30)27-22-15-26-29(17-22)16-19-6-5-9-21(25)14-19/h2-9,14-15,17-18,23H,10-13,16H2,1H3,(H,27,30). The predicted molar refractivity (Wildman–Crippen MR) is 116 cm³/mol. The number of halogens is 1. The SMILES string of the molecule is CC1CCN(C(C(=O)Nc2cnn(Cc3cccc(F)c3)c2)c2ccccc2)CC1. The highest BCUT2D eigenvalue weighted by molar-refractivity contribution is 5.95. The van der Waals surface area contributed by atoms with Crippen LogP contribution < -0.4 is 5.32 Å². The van der Waals surface area contributed by atoms with Crippen molar-refractivity contribution in [2.24, 2.45) is 5.92 Å². The smallest absolute Gasteiger partial charge is 0.246 e. The van der Waals surface area contributed by atoms with Crippen molar-refractivity contribution in [1.82, 2.24) is 14.7 Å². The third-order valence-electron chi connectivity index (χ3n) is 5.68. The minimum absolute atomic E-state index is 0.0546. The highest BCUT2D eigenvalue weighted by Crippen LogP contribution is 2.28. The van der Waals surface area contributed by atoms with Crippen LogP contribution in [0, 0.1) is 11.7 Å². The lowest BCUT2D eigenvalue weighted by Gasteiger charge is -2.36. The first-order valence-corrected chi connectivity index (χ1v) is 10.5. The molecule has 1 fully saturated rings. The van der Waals surface area contributed by atoms with Gasteiger partial charge in [-0.05, 0) is 55.1 Å². The fourth-order valence-corrected chi connectivity index (χ4v) is 4.00. The van der Waals surface area contributed by atoms with Gasteiger partial charge in [-0.25, -0.2) is 4.39 Å². The Morgan fingerprint density at radius 3 is 2.67 bits per heavy atom. The fraction of sp³-hybridized carbons (Fsp3) is 0.333. The van der Waals surface area contributed by atoms with E-state index < -0.39 is 0 Å². The maximum absolute atomic E-state index is 13.4. The molecular weight excluding hydrogens is 379 g/mol. The molecule has 2 aromatic carbocycles. The van der Waals surface area contributed by atoms with Crippen molar-refractivity contribution in [2.45, 2.75) is 32.4 Å². The molecular formula is C24H27FN4O. The van der Waals surface area contributed by atoms with Crippen LogP contribution in [0.1, 0.15) is 36.9 Å². The molecule has 6 heteroatoms. The highest BCUT2D eigenvalue weighted by atomic mass is 19.1. The first-order chi connectivity index (χ1) is 14.6. The summed E-state index contributed by atoms with van der Waals surface area (Å²) in [6.07, 6.45) is 5.62. The van der Waals surface area contributed by atoms with Crippen molar-refractivity contribution in [2.75, 3.05) is 18.4 Å². The monoisotopic (exact) mass is 406 g/mol. The lowest BCUT2D eigenvalue weighted by atomic mass is 9.95. The van der Waals surface area contributed by atoms with Crippen molar-refractivity contribution < 1.29 is 9.18 Å². The highest BCUT2D eigenvalue weighted by Gasteiger charge is 2.30. The van der Waals surface area contributed by atoms with E-state index in [1.54, 1.807) is 23.1 Å². The van der Waals surface area contributed by atoms with Crippen LogP contribution in [0.3, 0.4) is 0 Å². The summed E-state index contributed by atoms with van der Waals surface area (Å²) in [6.45, 7) is 4.53. The number of carbonyl (C=O) groups is 1. The number of aromatic nitrogens is 2. The van der Waals surface area contributed by atoms with Crippen molar-refractivity contribution in [1.29, 1.82) is 0 Å². The molecule has 1 unspecified atom stereocenters. The predicted octanol–water partition coefficient (Wildman–Crippen LogP) is 4.48. The van der Waals surface area contributed by atoms with Gasteiger partial charge in [-0.3, -0.25) is 14.4 Å². The van der Waals surface area contributed by atoms with Gasteiger partial charge in [0.05, 0.1) is 18.4 Å². The molecule has 1 saturated heterocycles. The van der Waals surface area contributed by atoms with Crippen LogP contribution in [-0.2, 0) is 11.3 Å². The van der Waals surface area contributed by atoms with Crippen molar-refractivity contribution >= 4 is 11.6 Å². The van der Waals surface area contributed by atoms with E-state index in [0.29, 0.717) is 18.2 Å². The Balaban J connectivity index is 1.48. The summed E-state index contributed by atoms with van der Waals surface area (Å²) in [7, 11) is 0. The summed E-state index contributed by atoms with van der Waals surface area (Å²) in [4.78, 5) is 15.5. The van der Waals surface area contributed by atoms with Gasteiger partial charge in [-0.2, -0.15) is 5.10 Å². The van der Waals surface area contributed by atoms with Crippen LogP contribution >= 0.6 is 0 Å². The molecule has 1 aliphatic rings. The number of amides is 1. The fourth-order valence-electron chi connectivity index (χ4n) is 4.00. The van der Waals surface area contributed by atoms with Crippen LogP contribution in [0.25, 0.3) is 0 Å². The van der Waals surface area contributed by atoms with Gasteiger partial charge in [-0.1, -0.05) is 49.4 Å². The molecule has 3 aromatic rings. The van der Waals surface area contributed by atoms with E-state index in [0.717, 1.165) is 37.1 Å². The topological polar surface area (TPSA) is 50.2 Å². The number of hydrogen-bond acceptors (Lipinski definition) is 3. The third kappa shape index (κ3) is 4.94. The average Bonchev–Trinajstić information content (AvgIpc) is 3.17. The molecule has 1 amide bonds. The van der Waals surface area contributed by atoms with Crippen LogP contribution in [0.2, 0.25) is 0 Å². The van der Waals surface area contributed by atoms with Gasteiger partial charge in [0, 0.05) is 6.20 Å². The number of carbonyl (C=O) groups excluding carboxylic acids is 1. The molecule has 0 aliphatic carbocycles. The van der Waals surface area contributed by atoms with E-state index >= 15 is 0 Å². The number of likely N-dealkylation sites (tertiary alicyclic amines) is 1. The molecule has 2 heterocycles. The lowest BCUT2D eigenvalue weighted by Crippen LogP contribution is -2.41. The molecule has 1 N–H and O–H groups in total. The van der Waals surface area contributed by atoms with E-state index in [2.05, 4.69) is 22.2 Å². The molecule has 156 valence electrons. The Kier molecular flexibility index (Phi) is 6.23. The summed E-state index contributed by atoms with van der Waals surface area (Å²) in [5.74, 6) is 0.373. The minimum atomic E-state index is -0.328. The van der Waals surface area contributed by atoms with Crippen molar-refractivity contribution in [3.05, 3.63) is 83.9 Å². The molecule has 0 radical (unpaired) electrons. The number of piperidine rings is 1. The summed E-state index contributed by atoms with van der Waals surface area (Å²) >= 11 is 0. The lowest BCUT2D eigenvalue weighted by molar-refractivity contribution is -0.122. The normalized spacial score (nSPS) is 16.3. The van der Waals surface area contributed by atoms with Crippen LogP contribution in [0.15, 0.2) is 67.0 Å². The van der Waals surface area contributed by atoms with Gasteiger partial charge in [0.25, 0.3) is 0 Å². The Labute approximate surface area is 176 Å². The molecule has 0 spiro atoms. The zero-order valence-electron chi connectivity index (χ0n) is 17.2. The van der Waals surface area contributed by atoms with Gasteiger partial charge in [0.2, 0.25) is 5.91 Å². The average molecular weight is 407 g/mol. The Hall–Kier alpha value is -2.99. The number of benzene rings is 2.